The highest BCUT2D eigenvalue weighted by atomic mass is 127. The smallest absolute Gasteiger partial charge is 0.255 e. The van der Waals surface area contributed by atoms with Gasteiger partial charge in [-0.3, -0.25) is 4.79 Å². The van der Waals surface area contributed by atoms with Crippen LogP contribution in [0.1, 0.15) is 22.0 Å². The number of morpholine rings is 1. The van der Waals surface area contributed by atoms with E-state index in [1.807, 2.05) is 35.2 Å². The van der Waals surface area contributed by atoms with Crippen molar-refractivity contribution in [1.82, 2.24) is 4.90 Å². The van der Waals surface area contributed by atoms with Gasteiger partial charge in [-0.15, -0.1) is 0 Å². The molecule has 3 rings (SSSR count). The quantitative estimate of drug-likeness (QED) is 0.607. The van der Waals surface area contributed by atoms with E-state index in [2.05, 4.69) is 22.6 Å². The van der Waals surface area contributed by atoms with Crippen LogP contribution in [0.4, 0.5) is 0 Å². The fourth-order valence-electron chi connectivity index (χ4n) is 2.90. The highest BCUT2D eigenvalue weighted by Gasteiger charge is 2.28. The van der Waals surface area contributed by atoms with Crippen molar-refractivity contribution in [2.24, 2.45) is 0 Å². The van der Waals surface area contributed by atoms with Gasteiger partial charge in [-0.05, 0) is 52.4 Å². The summed E-state index contributed by atoms with van der Waals surface area (Å²) in [6.45, 7) is 1.53. The second-order valence-corrected chi connectivity index (χ2v) is 7.45. The molecular formula is C19H19ClINO4. The summed E-state index contributed by atoms with van der Waals surface area (Å²) in [5.74, 6) is 1.10. The Morgan fingerprint density at radius 3 is 2.50 bits per heavy atom. The zero-order valence-electron chi connectivity index (χ0n) is 14.5. The van der Waals surface area contributed by atoms with Crippen LogP contribution in [0.5, 0.6) is 11.5 Å². The fraction of sp³-hybridized carbons (Fsp3) is 0.316. The van der Waals surface area contributed by atoms with E-state index in [9.17, 15) is 4.79 Å². The molecule has 1 amide bonds. The van der Waals surface area contributed by atoms with E-state index in [1.165, 1.54) is 0 Å². The standard InChI is InChI=1S/C19H19ClINO4/c1-24-16-9-14(15(21)10-17(16)25-2)19(23)22-7-8-26-18(11-22)12-3-5-13(20)6-4-12/h3-6,9-10,18H,7-8,11H2,1-2H3. The summed E-state index contributed by atoms with van der Waals surface area (Å²) < 4.78 is 17.3. The Hall–Kier alpha value is -1.51. The number of hydrogen-bond acceptors (Lipinski definition) is 4. The Morgan fingerprint density at radius 2 is 1.85 bits per heavy atom. The molecule has 0 saturated carbocycles. The Labute approximate surface area is 171 Å². The van der Waals surface area contributed by atoms with Crippen molar-refractivity contribution < 1.29 is 19.0 Å². The van der Waals surface area contributed by atoms with Crippen LogP contribution in [-0.2, 0) is 4.74 Å². The first-order valence-corrected chi connectivity index (χ1v) is 9.57. The van der Waals surface area contributed by atoms with Crippen molar-refractivity contribution in [3.05, 3.63) is 56.1 Å². The molecule has 0 N–H and O–H groups in total. The molecule has 1 aliphatic heterocycles. The van der Waals surface area contributed by atoms with Crippen molar-refractivity contribution in [2.75, 3.05) is 33.9 Å². The second kappa shape index (κ2) is 8.45. The predicted octanol–water partition coefficient (Wildman–Crippen LogP) is 4.18. The zero-order chi connectivity index (χ0) is 18.7. The monoisotopic (exact) mass is 487 g/mol. The highest BCUT2D eigenvalue weighted by molar-refractivity contribution is 14.1. The van der Waals surface area contributed by atoms with E-state index in [0.717, 1.165) is 9.13 Å². The summed E-state index contributed by atoms with van der Waals surface area (Å²) in [5, 5.41) is 0.678. The van der Waals surface area contributed by atoms with E-state index in [0.29, 0.717) is 41.8 Å². The lowest BCUT2D eigenvalue weighted by Crippen LogP contribution is -2.42. The van der Waals surface area contributed by atoms with Crippen LogP contribution in [0.3, 0.4) is 0 Å². The van der Waals surface area contributed by atoms with Gasteiger partial charge in [0, 0.05) is 15.1 Å². The maximum Gasteiger partial charge on any atom is 0.255 e. The molecule has 7 heteroatoms. The van der Waals surface area contributed by atoms with Crippen molar-refractivity contribution in [2.45, 2.75) is 6.10 Å². The first-order chi connectivity index (χ1) is 12.5. The zero-order valence-corrected chi connectivity index (χ0v) is 17.4. The molecule has 1 fully saturated rings. The highest BCUT2D eigenvalue weighted by Crippen LogP contribution is 2.33. The summed E-state index contributed by atoms with van der Waals surface area (Å²) in [5.41, 5.74) is 1.61. The number of amides is 1. The maximum atomic E-state index is 13.1. The van der Waals surface area contributed by atoms with E-state index in [-0.39, 0.29) is 12.0 Å². The molecule has 1 atom stereocenters. The molecule has 1 unspecified atom stereocenters. The van der Waals surface area contributed by atoms with E-state index in [4.69, 9.17) is 25.8 Å². The lowest BCUT2D eigenvalue weighted by molar-refractivity contribution is -0.0228. The molecule has 0 spiro atoms. The van der Waals surface area contributed by atoms with Crippen LogP contribution in [0, 0.1) is 3.57 Å². The number of methoxy groups -OCH3 is 2. The summed E-state index contributed by atoms with van der Waals surface area (Å²) in [6, 6.07) is 11.1. The summed E-state index contributed by atoms with van der Waals surface area (Å²) in [4.78, 5) is 14.9. The largest absolute Gasteiger partial charge is 0.493 e. The van der Waals surface area contributed by atoms with Crippen LogP contribution in [-0.4, -0.2) is 44.7 Å². The van der Waals surface area contributed by atoms with Gasteiger partial charge in [-0.1, -0.05) is 23.7 Å². The molecule has 1 heterocycles. The van der Waals surface area contributed by atoms with Gasteiger partial charge in [-0.2, -0.15) is 0 Å². The van der Waals surface area contributed by atoms with Gasteiger partial charge in [0.1, 0.15) is 6.10 Å². The summed E-state index contributed by atoms with van der Waals surface area (Å²) in [7, 11) is 3.14. The van der Waals surface area contributed by atoms with E-state index >= 15 is 0 Å². The van der Waals surface area contributed by atoms with Crippen LogP contribution in [0.2, 0.25) is 5.02 Å². The molecule has 1 saturated heterocycles. The molecule has 0 aliphatic carbocycles. The number of carbonyl (C=O) groups excluding carboxylic acids is 1. The molecule has 26 heavy (non-hydrogen) atoms. The SMILES string of the molecule is COc1cc(I)c(C(=O)N2CCOC(c3ccc(Cl)cc3)C2)cc1OC. The van der Waals surface area contributed by atoms with Gasteiger partial charge in [0.05, 0.1) is 32.9 Å². The van der Waals surface area contributed by atoms with Gasteiger partial charge in [-0.25, -0.2) is 0 Å². The fourth-order valence-corrected chi connectivity index (χ4v) is 3.70. The minimum absolute atomic E-state index is 0.0439. The Kier molecular flexibility index (Phi) is 6.26. The van der Waals surface area contributed by atoms with Crippen LogP contribution in [0.15, 0.2) is 36.4 Å². The van der Waals surface area contributed by atoms with Gasteiger partial charge in [0.2, 0.25) is 0 Å². The number of hydrogen-bond donors (Lipinski definition) is 0. The molecule has 2 aromatic rings. The van der Waals surface area contributed by atoms with Gasteiger partial charge >= 0.3 is 0 Å². The van der Waals surface area contributed by atoms with Crippen molar-refractivity contribution in [1.29, 1.82) is 0 Å². The van der Waals surface area contributed by atoms with Crippen molar-refractivity contribution in [3.8, 4) is 11.5 Å². The Bertz CT molecular complexity index is 797. The number of ether oxygens (including phenoxy) is 3. The molecule has 1 aliphatic rings. The van der Waals surface area contributed by atoms with Gasteiger partial charge in [0.25, 0.3) is 5.91 Å². The lowest BCUT2D eigenvalue weighted by atomic mass is 10.1. The number of benzene rings is 2. The molecule has 0 radical (unpaired) electrons. The first kappa shape index (κ1) is 19.3. The normalized spacial score (nSPS) is 17.1. The maximum absolute atomic E-state index is 13.1. The minimum Gasteiger partial charge on any atom is -0.493 e. The second-order valence-electron chi connectivity index (χ2n) is 5.85. The average molecular weight is 488 g/mol. The molecule has 5 nitrogen and oxygen atoms in total. The topological polar surface area (TPSA) is 48.0 Å². The summed E-state index contributed by atoms with van der Waals surface area (Å²) in [6.07, 6.45) is -0.164. The van der Waals surface area contributed by atoms with Gasteiger partial charge < -0.3 is 19.1 Å². The first-order valence-electron chi connectivity index (χ1n) is 8.11. The number of carbonyl (C=O) groups is 1. The summed E-state index contributed by atoms with van der Waals surface area (Å²) >= 11 is 8.10. The van der Waals surface area contributed by atoms with Crippen LogP contribution in [0.25, 0.3) is 0 Å². The van der Waals surface area contributed by atoms with Crippen molar-refractivity contribution in [3.63, 3.8) is 0 Å². The van der Waals surface area contributed by atoms with Crippen molar-refractivity contribution >= 4 is 40.1 Å². The minimum atomic E-state index is -0.164. The number of nitrogens with zero attached hydrogens (tertiary/aromatic N) is 1. The third-order valence-corrected chi connectivity index (χ3v) is 5.44. The van der Waals surface area contributed by atoms with Crippen LogP contribution >= 0.6 is 34.2 Å². The van der Waals surface area contributed by atoms with Gasteiger partial charge in [0.15, 0.2) is 11.5 Å². The Morgan fingerprint density at radius 1 is 1.19 bits per heavy atom. The molecular weight excluding hydrogens is 469 g/mol. The van der Waals surface area contributed by atoms with E-state index in [1.54, 1.807) is 20.3 Å². The number of rotatable bonds is 4. The molecule has 0 bridgehead atoms. The third-order valence-electron chi connectivity index (χ3n) is 4.30. The lowest BCUT2D eigenvalue weighted by Gasteiger charge is -2.33. The predicted molar refractivity (Wildman–Crippen MR) is 108 cm³/mol. The van der Waals surface area contributed by atoms with E-state index < -0.39 is 0 Å². The van der Waals surface area contributed by atoms with Crippen LogP contribution < -0.4 is 9.47 Å². The number of halogens is 2. The average Bonchev–Trinajstić information content (AvgIpc) is 2.67. The third kappa shape index (κ3) is 4.07. The molecule has 0 aromatic heterocycles. The Balaban J connectivity index is 1.82. The molecule has 138 valence electrons. The molecule has 2 aromatic carbocycles.